The molecule has 0 saturated carbocycles. The molecule has 0 aromatic heterocycles. The van der Waals surface area contributed by atoms with Crippen LogP contribution in [0.5, 0.6) is 0 Å². The molecule has 0 rings (SSSR count). The predicted octanol–water partition coefficient (Wildman–Crippen LogP) is 6.13. The van der Waals surface area contributed by atoms with Crippen molar-refractivity contribution in [3.63, 3.8) is 0 Å². The molecule has 0 saturated heterocycles. The van der Waals surface area contributed by atoms with Crippen LogP contribution in [-0.4, -0.2) is 69.2 Å². The fourth-order valence-corrected chi connectivity index (χ4v) is 4.73. The second-order valence-corrected chi connectivity index (χ2v) is 14.9. The summed E-state index contributed by atoms with van der Waals surface area (Å²) in [6, 6.07) is 0. The van der Waals surface area contributed by atoms with Gasteiger partial charge in [0.1, 0.15) is 12.2 Å². The van der Waals surface area contributed by atoms with Crippen LogP contribution in [0.25, 0.3) is 0 Å². The number of nitrogens with one attached hydrogen (secondary N) is 2. The molecule has 4 atom stereocenters. The van der Waals surface area contributed by atoms with E-state index in [1.165, 1.54) is 0 Å². The van der Waals surface area contributed by atoms with Gasteiger partial charge in [-0.3, -0.25) is 9.59 Å². The molecule has 0 bridgehead atoms. The van der Waals surface area contributed by atoms with Crippen molar-refractivity contribution in [1.82, 2.24) is 10.6 Å². The zero-order chi connectivity index (χ0) is 32.3. The van der Waals surface area contributed by atoms with Crippen LogP contribution >= 0.6 is 0 Å². The first-order chi connectivity index (χ1) is 18.5. The van der Waals surface area contributed by atoms with Crippen LogP contribution in [0.3, 0.4) is 0 Å². The fraction of sp³-hybridized carbons (Fsp3) is 0.906. The minimum absolute atomic E-state index is 0.109. The number of amides is 1. The monoisotopic (exact) mass is 586 g/mol. The topological polar surface area (TPSA) is 112 Å². The van der Waals surface area contributed by atoms with Gasteiger partial charge >= 0.3 is 18.0 Å². The first kappa shape index (κ1) is 39.1. The van der Waals surface area contributed by atoms with Gasteiger partial charge in [0.15, 0.2) is 0 Å². The number of hydrogen-bond acceptors (Lipinski definition) is 8. The molecule has 0 radical (unpaired) electrons. The zero-order valence-corrected chi connectivity index (χ0v) is 28.7. The van der Waals surface area contributed by atoms with E-state index in [-0.39, 0.29) is 48.5 Å². The van der Waals surface area contributed by atoms with E-state index in [2.05, 4.69) is 66.0 Å². The van der Waals surface area contributed by atoms with Gasteiger partial charge in [-0.2, -0.15) is 0 Å². The van der Waals surface area contributed by atoms with E-state index in [4.69, 9.17) is 18.9 Å². The lowest BCUT2D eigenvalue weighted by Gasteiger charge is -2.49. The van der Waals surface area contributed by atoms with Crippen molar-refractivity contribution in [2.75, 3.05) is 40.0 Å². The second-order valence-electron chi connectivity index (χ2n) is 14.9. The predicted molar refractivity (Wildman–Crippen MR) is 164 cm³/mol. The van der Waals surface area contributed by atoms with Gasteiger partial charge in [-0.25, -0.2) is 4.79 Å². The van der Waals surface area contributed by atoms with E-state index in [1.54, 1.807) is 20.8 Å². The Morgan fingerprint density at radius 3 is 1.85 bits per heavy atom. The molecule has 0 fully saturated rings. The first-order valence-electron chi connectivity index (χ1n) is 15.1. The third-order valence-electron chi connectivity index (χ3n) is 7.97. The fourth-order valence-electron chi connectivity index (χ4n) is 4.73. The van der Waals surface area contributed by atoms with Crippen molar-refractivity contribution in [1.29, 1.82) is 0 Å². The average molecular weight is 587 g/mol. The van der Waals surface area contributed by atoms with Gasteiger partial charge in [-0.1, -0.05) is 55.4 Å². The summed E-state index contributed by atoms with van der Waals surface area (Å²) < 4.78 is 22.1. The molecule has 0 aliphatic carbocycles. The van der Waals surface area contributed by atoms with E-state index in [0.717, 1.165) is 6.42 Å². The number of carbonyl (C=O) groups is 3. The largest absolute Gasteiger partial charge is 0.465 e. The smallest absolute Gasteiger partial charge is 0.407 e. The highest BCUT2D eigenvalue weighted by Gasteiger charge is 2.52. The van der Waals surface area contributed by atoms with Crippen LogP contribution in [-0.2, 0) is 28.5 Å². The van der Waals surface area contributed by atoms with Gasteiger partial charge in [0, 0.05) is 12.1 Å². The summed E-state index contributed by atoms with van der Waals surface area (Å²) in [5.74, 6) is -1.06. The van der Waals surface area contributed by atoms with Gasteiger partial charge < -0.3 is 29.6 Å². The number of esters is 2. The molecule has 9 heteroatoms. The third-order valence-corrected chi connectivity index (χ3v) is 7.97. The number of rotatable bonds is 16. The van der Waals surface area contributed by atoms with Gasteiger partial charge in [0.25, 0.3) is 0 Å². The molecule has 0 aliphatic heterocycles. The molecule has 0 aromatic rings. The van der Waals surface area contributed by atoms with Crippen LogP contribution in [0.4, 0.5) is 4.79 Å². The van der Waals surface area contributed by atoms with E-state index in [9.17, 15) is 14.4 Å². The summed E-state index contributed by atoms with van der Waals surface area (Å²) in [5.41, 5.74) is -2.40. The van der Waals surface area contributed by atoms with Gasteiger partial charge in [0.05, 0.1) is 31.2 Å². The maximum atomic E-state index is 13.5. The number of hydrogen-bond donors (Lipinski definition) is 2. The molecule has 242 valence electrons. The first-order valence-corrected chi connectivity index (χ1v) is 15.1. The number of ether oxygens (including phenoxy) is 4. The molecule has 4 unspecified atom stereocenters. The summed E-state index contributed by atoms with van der Waals surface area (Å²) in [5, 5.41) is 6.10. The summed E-state index contributed by atoms with van der Waals surface area (Å²) in [4.78, 5) is 38.6. The maximum absolute atomic E-state index is 13.5. The highest BCUT2D eigenvalue weighted by atomic mass is 16.6. The molecule has 9 nitrogen and oxygen atoms in total. The average Bonchev–Trinajstić information content (AvgIpc) is 2.81. The van der Waals surface area contributed by atoms with Crippen LogP contribution in [0, 0.1) is 28.1 Å². The van der Waals surface area contributed by atoms with E-state index in [1.807, 2.05) is 20.9 Å². The van der Waals surface area contributed by atoms with E-state index >= 15 is 0 Å². The van der Waals surface area contributed by atoms with Crippen molar-refractivity contribution < 1.29 is 33.3 Å². The van der Waals surface area contributed by atoms with Crippen LogP contribution < -0.4 is 10.6 Å². The van der Waals surface area contributed by atoms with Crippen LogP contribution in [0.2, 0.25) is 0 Å². The van der Waals surface area contributed by atoms with E-state index in [0.29, 0.717) is 26.0 Å². The van der Waals surface area contributed by atoms with Crippen LogP contribution in [0.1, 0.15) is 109 Å². The quantitative estimate of drug-likeness (QED) is 0.126. The molecule has 0 aromatic carbocycles. The molecule has 0 aliphatic rings. The molecule has 2 N–H and O–H groups in total. The van der Waals surface area contributed by atoms with Crippen molar-refractivity contribution in [2.24, 2.45) is 28.1 Å². The Morgan fingerprint density at radius 1 is 0.805 bits per heavy atom. The Bertz CT molecular complexity index is 825. The number of alkyl carbamates (subject to hydrolysis) is 1. The lowest BCUT2D eigenvalue weighted by molar-refractivity contribution is -0.165. The summed E-state index contributed by atoms with van der Waals surface area (Å²) >= 11 is 0. The van der Waals surface area contributed by atoms with Gasteiger partial charge in [0.2, 0.25) is 0 Å². The van der Waals surface area contributed by atoms with Crippen molar-refractivity contribution >= 4 is 18.0 Å². The number of carbonyl (C=O) groups excluding carboxylic acids is 3. The van der Waals surface area contributed by atoms with Crippen molar-refractivity contribution in [2.45, 2.75) is 120 Å². The van der Waals surface area contributed by atoms with Crippen molar-refractivity contribution in [3.8, 4) is 0 Å². The summed E-state index contributed by atoms with van der Waals surface area (Å²) in [6.07, 6.45) is 1.37. The van der Waals surface area contributed by atoms with Crippen molar-refractivity contribution in [3.05, 3.63) is 0 Å². The highest BCUT2D eigenvalue weighted by Crippen LogP contribution is 2.48. The molecular formula is C32H62N2O7. The molecule has 41 heavy (non-hydrogen) atoms. The Hall–Kier alpha value is -1.87. The van der Waals surface area contributed by atoms with E-state index < -0.39 is 28.6 Å². The molecule has 0 heterocycles. The third kappa shape index (κ3) is 13.8. The summed E-state index contributed by atoms with van der Waals surface area (Å²) in [7, 11) is 1.88. The molecule has 1 amide bonds. The Labute approximate surface area is 250 Å². The van der Waals surface area contributed by atoms with Gasteiger partial charge in [-0.05, 0) is 77.7 Å². The Kier molecular flexibility index (Phi) is 15.4. The Morgan fingerprint density at radius 2 is 1.39 bits per heavy atom. The minimum atomic E-state index is -0.786. The normalized spacial score (nSPS) is 17.0. The van der Waals surface area contributed by atoms with Crippen LogP contribution in [0.15, 0.2) is 0 Å². The lowest BCUT2D eigenvalue weighted by atomic mass is 9.59. The summed E-state index contributed by atoms with van der Waals surface area (Å²) in [6.45, 7) is 27.3. The van der Waals surface area contributed by atoms with Gasteiger partial charge in [-0.15, -0.1) is 0 Å². The second kappa shape index (κ2) is 16.1. The zero-order valence-electron chi connectivity index (χ0n) is 28.7. The highest BCUT2D eigenvalue weighted by molar-refractivity contribution is 5.78. The molecular weight excluding hydrogens is 524 g/mol. The standard InChI is InChI=1S/C32H62N2O7/c1-15-17-40-26(36)31(12,29(6,7)8)22-32(13,33-14)23(2)24(21-28(3,4)5)25(35)39-20-19-38-18-16-34-27(37)41-30(9,10)11/h23-24,33H,15-22H2,1-14H3,(H,34,37). The SMILES string of the molecule is CCCOC(=O)C(C)(CC(C)(NC)C(C)C(CC(C)(C)C)C(=O)OCCOCCNC(=O)OC(C)(C)C)C(C)(C)C. The maximum Gasteiger partial charge on any atom is 0.407 e. The minimum Gasteiger partial charge on any atom is -0.465 e. The molecule has 0 spiro atoms. The lowest BCUT2D eigenvalue weighted by Crippen LogP contribution is -2.57. The Balaban J connectivity index is 5.50.